The van der Waals surface area contributed by atoms with Crippen molar-refractivity contribution in [2.75, 3.05) is 0 Å². The van der Waals surface area contributed by atoms with Gasteiger partial charge in [0.1, 0.15) is 0 Å². The predicted molar refractivity (Wildman–Crippen MR) is 85.7 cm³/mol. The standard InChI is InChI=1S/C18H19N3/c1-14(15-8-4-2-5-9-15)19-12-17-13-20-21-18(17)16-10-6-3-7-11-16/h2-11,13-14,19H,12H2,1H3,(H,20,21)/t14-/m1/s1. The molecule has 2 N–H and O–H groups in total. The summed E-state index contributed by atoms with van der Waals surface area (Å²) >= 11 is 0. The molecule has 2 aromatic carbocycles. The monoisotopic (exact) mass is 277 g/mol. The van der Waals surface area contributed by atoms with Crippen LogP contribution in [0.15, 0.2) is 66.9 Å². The first-order chi connectivity index (χ1) is 10.3. The van der Waals surface area contributed by atoms with E-state index in [1.165, 1.54) is 16.7 Å². The molecular weight excluding hydrogens is 258 g/mol. The summed E-state index contributed by atoms with van der Waals surface area (Å²) in [5, 5.41) is 10.8. The zero-order valence-electron chi connectivity index (χ0n) is 12.1. The number of H-pyrrole nitrogens is 1. The molecule has 3 heteroatoms. The Hall–Kier alpha value is -2.39. The van der Waals surface area contributed by atoms with Crippen molar-refractivity contribution in [3.8, 4) is 11.3 Å². The van der Waals surface area contributed by atoms with Gasteiger partial charge in [-0.05, 0) is 18.1 Å². The van der Waals surface area contributed by atoms with E-state index in [1.54, 1.807) is 0 Å². The van der Waals surface area contributed by atoms with Gasteiger partial charge in [0.2, 0.25) is 0 Å². The van der Waals surface area contributed by atoms with E-state index in [-0.39, 0.29) is 0 Å². The Morgan fingerprint density at radius 1 is 1.00 bits per heavy atom. The molecule has 21 heavy (non-hydrogen) atoms. The Morgan fingerprint density at radius 2 is 1.67 bits per heavy atom. The molecule has 0 saturated heterocycles. The number of aromatic amines is 1. The molecule has 0 fully saturated rings. The van der Waals surface area contributed by atoms with Crippen LogP contribution < -0.4 is 5.32 Å². The average molecular weight is 277 g/mol. The number of rotatable bonds is 5. The summed E-state index contributed by atoms with van der Waals surface area (Å²) < 4.78 is 0. The van der Waals surface area contributed by atoms with E-state index in [9.17, 15) is 0 Å². The maximum absolute atomic E-state index is 4.18. The highest BCUT2D eigenvalue weighted by Crippen LogP contribution is 2.21. The highest BCUT2D eigenvalue weighted by atomic mass is 15.1. The number of nitrogens with one attached hydrogen (secondary N) is 2. The lowest BCUT2D eigenvalue weighted by atomic mass is 10.1. The summed E-state index contributed by atoms with van der Waals surface area (Å²) in [6.45, 7) is 2.97. The first kappa shape index (κ1) is 13.6. The third-order valence-corrected chi connectivity index (χ3v) is 3.68. The lowest BCUT2D eigenvalue weighted by Crippen LogP contribution is -2.18. The van der Waals surface area contributed by atoms with Gasteiger partial charge in [-0.2, -0.15) is 5.10 Å². The van der Waals surface area contributed by atoms with Gasteiger partial charge in [-0.15, -0.1) is 0 Å². The summed E-state index contributed by atoms with van der Waals surface area (Å²) in [5.74, 6) is 0. The molecule has 3 rings (SSSR count). The highest BCUT2D eigenvalue weighted by molar-refractivity contribution is 5.62. The maximum Gasteiger partial charge on any atom is 0.0695 e. The quantitative estimate of drug-likeness (QED) is 0.742. The van der Waals surface area contributed by atoms with E-state index in [0.717, 1.165) is 12.2 Å². The molecule has 0 aliphatic carbocycles. The Balaban J connectivity index is 1.71. The van der Waals surface area contributed by atoms with Gasteiger partial charge in [0.25, 0.3) is 0 Å². The fourth-order valence-corrected chi connectivity index (χ4v) is 2.42. The van der Waals surface area contributed by atoms with Crippen LogP contribution in [0.2, 0.25) is 0 Å². The predicted octanol–water partition coefficient (Wildman–Crippen LogP) is 3.93. The van der Waals surface area contributed by atoms with Crippen molar-refractivity contribution in [3.63, 3.8) is 0 Å². The molecule has 3 aromatic rings. The molecule has 0 radical (unpaired) electrons. The van der Waals surface area contributed by atoms with Crippen LogP contribution in [-0.2, 0) is 6.54 Å². The Bertz CT molecular complexity index is 674. The van der Waals surface area contributed by atoms with Gasteiger partial charge in [-0.25, -0.2) is 0 Å². The molecular formula is C18H19N3. The summed E-state index contributed by atoms with van der Waals surface area (Å²) in [7, 11) is 0. The van der Waals surface area contributed by atoms with Crippen molar-refractivity contribution in [3.05, 3.63) is 78.0 Å². The zero-order valence-corrected chi connectivity index (χ0v) is 12.1. The van der Waals surface area contributed by atoms with E-state index in [2.05, 4.69) is 58.8 Å². The van der Waals surface area contributed by atoms with E-state index in [1.807, 2.05) is 30.5 Å². The van der Waals surface area contributed by atoms with Crippen LogP contribution in [0, 0.1) is 0 Å². The van der Waals surface area contributed by atoms with E-state index >= 15 is 0 Å². The van der Waals surface area contributed by atoms with Gasteiger partial charge in [0, 0.05) is 18.2 Å². The van der Waals surface area contributed by atoms with Crippen molar-refractivity contribution < 1.29 is 0 Å². The molecule has 0 saturated carbocycles. The first-order valence-corrected chi connectivity index (χ1v) is 7.20. The Labute approximate surface area is 125 Å². The molecule has 106 valence electrons. The number of nitrogens with zero attached hydrogens (tertiary/aromatic N) is 1. The minimum absolute atomic E-state index is 0.310. The number of hydrogen-bond acceptors (Lipinski definition) is 2. The lowest BCUT2D eigenvalue weighted by Gasteiger charge is -2.14. The van der Waals surface area contributed by atoms with Crippen molar-refractivity contribution in [2.45, 2.75) is 19.5 Å². The van der Waals surface area contributed by atoms with Crippen molar-refractivity contribution >= 4 is 0 Å². The van der Waals surface area contributed by atoms with Crippen LogP contribution in [0.1, 0.15) is 24.1 Å². The van der Waals surface area contributed by atoms with Gasteiger partial charge < -0.3 is 5.32 Å². The lowest BCUT2D eigenvalue weighted by molar-refractivity contribution is 0.575. The number of hydrogen-bond donors (Lipinski definition) is 2. The molecule has 0 unspecified atom stereocenters. The molecule has 1 heterocycles. The third kappa shape index (κ3) is 3.20. The molecule has 0 amide bonds. The van der Waals surface area contributed by atoms with E-state index < -0.39 is 0 Å². The normalized spacial score (nSPS) is 12.2. The van der Waals surface area contributed by atoms with Gasteiger partial charge in [0.15, 0.2) is 0 Å². The smallest absolute Gasteiger partial charge is 0.0695 e. The summed E-state index contributed by atoms with van der Waals surface area (Å²) in [5.41, 5.74) is 4.73. The molecule has 1 atom stereocenters. The third-order valence-electron chi connectivity index (χ3n) is 3.68. The minimum Gasteiger partial charge on any atom is -0.306 e. The van der Waals surface area contributed by atoms with E-state index in [4.69, 9.17) is 0 Å². The van der Waals surface area contributed by atoms with Crippen molar-refractivity contribution in [1.82, 2.24) is 15.5 Å². The first-order valence-electron chi connectivity index (χ1n) is 7.20. The zero-order chi connectivity index (χ0) is 14.5. The van der Waals surface area contributed by atoms with Crippen molar-refractivity contribution in [1.29, 1.82) is 0 Å². The second kappa shape index (κ2) is 6.37. The van der Waals surface area contributed by atoms with Crippen LogP contribution >= 0.6 is 0 Å². The second-order valence-electron chi connectivity index (χ2n) is 5.15. The number of aromatic nitrogens is 2. The fraction of sp³-hybridized carbons (Fsp3) is 0.167. The second-order valence-corrected chi connectivity index (χ2v) is 5.15. The average Bonchev–Trinajstić information content (AvgIpc) is 3.03. The summed E-state index contributed by atoms with van der Waals surface area (Å²) in [4.78, 5) is 0. The fourth-order valence-electron chi connectivity index (χ4n) is 2.42. The highest BCUT2D eigenvalue weighted by Gasteiger charge is 2.09. The van der Waals surface area contributed by atoms with Gasteiger partial charge in [0.05, 0.1) is 11.9 Å². The van der Waals surface area contributed by atoms with Crippen LogP contribution in [-0.4, -0.2) is 10.2 Å². The molecule has 0 bridgehead atoms. The van der Waals surface area contributed by atoms with Crippen molar-refractivity contribution in [2.24, 2.45) is 0 Å². The van der Waals surface area contributed by atoms with Crippen LogP contribution in [0.4, 0.5) is 0 Å². The van der Waals surface area contributed by atoms with Crippen LogP contribution in [0.3, 0.4) is 0 Å². The van der Waals surface area contributed by atoms with Crippen LogP contribution in [0.5, 0.6) is 0 Å². The molecule has 1 aromatic heterocycles. The van der Waals surface area contributed by atoms with Gasteiger partial charge in [-0.1, -0.05) is 60.7 Å². The maximum atomic E-state index is 4.18. The van der Waals surface area contributed by atoms with Gasteiger partial charge in [-0.3, -0.25) is 5.10 Å². The SMILES string of the molecule is C[C@@H](NCc1cn[nH]c1-c1ccccc1)c1ccccc1. The minimum atomic E-state index is 0.310. The van der Waals surface area contributed by atoms with Gasteiger partial charge >= 0.3 is 0 Å². The largest absolute Gasteiger partial charge is 0.306 e. The van der Waals surface area contributed by atoms with Crippen LogP contribution in [0.25, 0.3) is 11.3 Å². The molecule has 3 nitrogen and oxygen atoms in total. The van der Waals surface area contributed by atoms with E-state index in [0.29, 0.717) is 6.04 Å². The Morgan fingerprint density at radius 3 is 2.38 bits per heavy atom. The number of benzene rings is 2. The molecule has 0 aliphatic rings. The molecule has 0 spiro atoms. The topological polar surface area (TPSA) is 40.7 Å². The Kier molecular flexibility index (Phi) is 4.12. The molecule has 0 aliphatic heterocycles. The summed E-state index contributed by atoms with van der Waals surface area (Å²) in [6, 6.07) is 21.1. The summed E-state index contributed by atoms with van der Waals surface area (Å²) in [6.07, 6.45) is 1.90.